The van der Waals surface area contributed by atoms with Crippen molar-refractivity contribution in [3.05, 3.63) is 47.3 Å². The van der Waals surface area contributed by atoms with Crippen LogP contribution in [0, 0.1) is 0 Å². The van der Waals surface area contributed by atoms with Crippen molar-refractivity contribution in [2.24, 2.45) is 0 Å². The van der Waals surface area contributed by atoms with Gasteiger partial charge in [0, 0.05) is 6.07 Å². The van der Waals surface area contributed by atoms with Crippen LogP contribution >= 0.6 is 0 Å². The molecule has 0 radical (unpaired) electrons. The molecule has 0 aliphatic carbocycles. The van der Waals surface area contributed by atoms with Crippen molar-refractivity contribution >= 4 is 5.97 Å². The van der Waals surface area contributed by atoms with Crippen molar-refractivity contribution < 1.29 is 23.1 Å². The minimum absolute atomic E-state index is 0.231. The number of hydrogen-bond donors (Lipinski definition) is 1. The maximum absolute atomic E-state index is 13.0. The van der Waals surface area contributed by atoms with Crippen LogP contribution < -0.4 is 0 Å². The molecule has 2 rings (SSSR count). The Balaban J connectivity index is 2.69. The predicted octanol–water partition coefficient (Wildman–Crippen LogP) is 3.15. The van der Waals surface area contributed by atoms with Crippen molar-refractivity contribution in [2.45, 2.75) is 19.5 Å². The Morgan fingerprint density at radius 2 is 2.00 bits per heavy atom. The van der Waals surface area contributed by atoms with Gasteiger partial charge in [-0.15, -0.1) is 0 Å². The molecule has 0 unspecified atom stereocenters. The van der Waals surface area contributed by atoms with E-state index in [9.17, 15) is 18.0 Å². The van der Waals surface area contributed by atoms with E-state index in [0.717, 1.165) is 0 Å². The predicted molar refractivity (Wildman–Crippen MR) is 64.9 cm³/mol. The standard InChI is InChI=1S/C13H11F3N2O2/c1-2-8-5-3-4-6-10(8)18-11(13(14,15)16)7-9(17-18)12(19)20/h3-7H,2H2,1H3,(H,19,20). The van der Waals surface area contributed by atoms with Gasteiger partial charge in [-0.05, 0) is 18.1 Å². The van der Waals surface area contributed by atoms with Gasteiger partial charge in [-0.1, -0.05) is 25.1 Å². The summed E-state index contributed by atoms with van der Waals surface area (Å²) < 4.78 is 39.6. The normalized spacial score (nSPS) is 11.6. The average molecular weight is 284 g/mol. The highest BCUT2D eigenvalue weighted by molar-refractivity contribution is 5.85. The Labute approximate surface area is 112 Å². The first-order valence-electron chi connectivity index (χ1n) is 5.83. The first-order chi connectivity index (χ1) is 9.34. The molecule has 0 amide bonds. The first kappa shape index (κ1) is 14.1. The molecular weight excluding hydrogens is 273 g/mol. The fraction of sp³-hybridized carbons (Fsp3) is 0.231. The van der Waals surface area contributed by atoms with Gasteiger partial charge in [-0.2, -0.15) is 18.3 Å². The van der Waals surface area contributed by atoms with Gasteiger partial charge >= 0.3 is 12.1 Å². The summed E-state index contributed by atoms with van der Waals surface area (Å²) in [6.07, 6.45) is -4.17. The van der Waals surface area contributed by atoms with E-state index in [1.54, 1.807) is 25.1 Å². The summed E-state index contributed by atoms with van der Waals surface area (Å²) in [6.45, 7) is 1.80. The van der Waals surface area contributed by atoms with Crippen LogP contribution in [0.25, 0.3) is 5.69 Å². The molecule has 0 saturated heterocycles. The number of aromatic carboxylic acids is 1. The zero-order valence-corrected chi connectivity index (χ0v) is 10.5. The third-order valence-electron chi connectivity index (χ3n) is 2.82. The Morgan fingerprint density at radius 3 is 2.55 bits per heavy atom. The molecule has 0 fully saturated rings. The summed E-state index contributed by atoms with van der Waals surface area (Å²) in [5, 5.41) is 12.4. The fourth-order valence-electron chi connectivity index (χ4n) is 1.89. The summed E-state index contributed by atoms with van der Waals surface area (Å²) in [5.74, 6) is -1.50. The van der Waals surface area contributed by atoms with E-state index in [2.05, 4.69) is 5.10 Å². The number of carboxylic acids is 1. The number of hydrogen-bond acceptors (Lipinski definition) is 2. The maximum Gasteiger partial charge on any atom is 0.433 e. The molecule has 2 aromatic rings. The topological polar surface area (TPSA) is 55.1 Å². The minimum atomic E-state index is -4.68. The lowest BCUT2D eigenvalue weighted by Gasteiger charge is -2.13. The smallest absolute Gasteiger partial charge is 0.433 e. The molecule has 1 aromatic heterocycles. The van der Waals surface area contributed by atoms with E-state index in [1.165, 1.54) is 6.07 Å². The number of aromatic nitrogens is 2. The molecule has 0 atom stereocenters. The number of alkyl halides is 3. The number of nitrogens with zero attached hydrogens (tertiary/aromatic N) is 2. The number of benzene rings is 1. The lowest BCUT2D eigenvalue weighted by molar-refractivity contribution is -0.142. The molecule has 7 heteroatoms. The van der Waals surface area contributed by atoms with Gasteiger partial charge < -0.3 is 5.11 Å². The van der Waals surface area contributed by atoms with E-state index in [0.29, 0.717) is 22.7 Å². The Hall–Kier alpha value is -2.31. The maximum atomic E-state index is 13.0. The average Bonchev–Trinajstić information content (AvgIpc) is 2.83. The van der Waals surface area contributed by atoms with Crippen LogP contribution in [-0.2, 0) is 12.6 Å². The van der Waals surface area contributed by atoms with Gasteiger partial charge in [0.1, 0.15) is 5.69 Å². The van der Waals surface area contributed by atoms with Crippen LogP contribution in [0.1, 0.15) is 28.7 Å². The molecule has 1 aromatic carbocycles. The lowest BCUT2D eigenvalue weighted by atomic mass is 10.1. The van der Waals surface area contributed by atoms with Crippen LogP contribution in [0.2, 0.25) is 0 Å². The van der Waals surface area contributed by atoms with E-state index >= 15 is 0 Å². The summed E-state index contributed by atoms with van der Waals surface area (Å²) >= 11 is 0. The molecule has 0 saturated carbocycles. The molecule has 0 spiro atoms. The Morgan fingerprint density at radius 1 is 1.35 bits per heavy atom. The largest absolute Gasteiger partial charge is 0.476 e. The van der Waals surface area contributed by atoms with Gasteiger partial charge in [0.05, 0.1) is 5.69 Å². The molecule has 4 nitrogen and oxygen atoms in total. The molecule has 0 aliphatic rings. The third-order valence-corrected chi connectivity index (χ3v) is 2.82. The van der Waals surface area contributed by atoms with Crippen molar-refractivity contribution in [3.8, 4) is 5.69 Å². The molecule has 1 heterocycles. The third kappa shape index (κ3) is 2.52. The van der Waals surface area contributed by atoms with Gasteiger partial charge in [0.15, 0.2) is 5.69 Å². The zero-order chi connectivity index (χ0) is 14.9. The summed E-state index contributed by atoms with van der Waals surface area (Å²) in [7, 11) is 0. The molecule has 106 valence electrons. The van der Waals surface area contributed by atoms with E-state index in [-0.39, 0.29) is 5.69 Å². The molecule has 0 bridgehead atoms. The Bertz CT molecular complexity index is 647. The molecular formula is C13H11F3N2O2. The van der Waals surface area contributed by atoms with E-state index in [4.69, 9.17) is 5.11 Å². The van der Waals surface area contributed by atoms with Gasteiger partial charge in [0.25, 0.3) is 0 Å². The number of aryl methyl sites for hydroxylation is 1. The number of rotatable bonds is 3. The highest BCUT2D eigenvalue weighted by Gasteiger charge is 2.37. The van der Waals surface area contributed by atoms with Crippen LogP contribution in [0.15, 0.2) is 30.3 Å². The minimum Gasteiger partial charge on any atom is -0.476 e. The number of halogens is 3. The zero-order valence-electron chi connectivity index (χ0n) is 10.5. The van der Waals surface area contributed by atoms with E-state index < -0.39 is 23.5 Å². The van der Waals surface area contributed by atoms with Gasteiger partial charge in [-0.3, -0.25) is 0 Å². The number of carbonyl (C=O) groups is 1. The van der Waals surface area contributed by atoms with Crippen molar-refractivity contribution in [3.63, 3.8) is 0 Å². The SMILES string of the molecule is CCc1ccccc1-n1nc(C(=O)O)cc1C(F)(F)F. The van der Waals surface area contributed by atoms with Crippen molar-refractivity contribution in [1.82, 2.24) is 9.78 Å². The molecule has 1 N–H and O–H groups in total. The summed E-state index contributed by atoms with van der Waals surface area (Å²) in [6, 6.07) is 6.98. The first-order valence-corrected chi connectivity index (χ1v) is 5.83. The van der Waals surface area contributed by atoms with E-state index in [1.807, 2.05) is 0 Å². The second-order valence-electron chi connectivity index (χ2n) is 4.11. The Kier molecular flexibility index (Phi) is 3.52. The number of carboxylic acid groups (broad SMARTS) is 1. The molecule has 0 aliphatic heterocycles. The summed E-state index contributed by atoms with van der Waals surface area (Å²) in [5.41, 5.74) is -0.855. The highest BCUT2D eigenvalue weighted by Crippen LogP contribution is 2.32. The van der Waals surface area contributed by atoms with Crippen molar-refractivity contribution in [1.29, 1.82) is 0 Å². The van der Waals surface area contributed by atoms with Crippen LogP contribution in [0.5, 0.6) is 0 Å². The van der Waals surface area contributed by atoms with Crippen LogP contribution in [-0.4, -0.2) is 20.9 Å². The summed E-state index contributed by atoms with van der Waals surface area (Å²) in [4.78, 5) is 10.8. The second-order valence-corrected chi connectivity index (χ2v) is 4.11. The lowest BCUT2D eigenvalue weighted by Crippen LogP contribution is -2.14. The fourth-order valence-corrected chi connectivity index (χ4v) is 1.89. The molecule has 20 heavy (non-hydrogen) atoms. The quantitative estimate of drug-likeness (QED) is 0.942. The highest BCUT2D eigenvalue weighted by atomic mass is 19.4. The van der Waals surface area contributed by atoms with Gasteiger partial charge in [0.2, 0.25) is 0 Å². The monoisotopic (exact) mass is 284 g/mol. The number of para-hydroxylation sites is 1. The van der Waals surface area contributed by atoms with Crippen LogP contribution in [0.3, 0.4) is 0 Å². The second kappa shape index (κ2) is 4.99. The van der Waals surface area contributed by atoms with Crippen molar-refractivity contribution in [2.75, 3.05) is 0 Å². The van der Waals surface area contributed by atoms with Gasteiger partial charge in [-0.25, -0.2) is 9.48 Å². The van der Waals surface area contributed by atoms with Crippen LogP contribution in [0.4, 0.5) is 13.2 Å².